The second-order valence-electron chi connectivity index (χ2n) is 9.26. The predicted octanol–water partition coefficient (Wildman–Crippen LogP) is 3.90. The molecular weight excluding hydrogens is 396 g/mol. The van der Waals surface area contributed by atoms with Crippen LogP contribution in [0.4, 0.5) is 0 Å². The van der Waals surface area contributed by atoms with E-state index >= 15 is 0 Å². The summed E-state index contributed by atoms with van der Waals surface area (Å²) in [6, 6.07) is 8.53. The van der Waals surface area contributed by atoms with Crippen molar-refractivity contribution in [2.45, 2.75) is 88.9 Å². The maximum Gasteiger partial charge on any atom is 0.237 e. The molecule has 2 aliphatic carbocycles. The van der Waals surface area contributed by atoms with Crippen LogP contribution in [0.5, 0.6) is 0 Å². The fourth-order valence-electron chi connectivity index (χ4n) is 5.19. The van der Waals surface area contributed by atoms with Gasteiger partial charge in [0.05, 0.1) is 6.04 Å². The van der Waals surface area contributed by atoms with Crippen molar-refractivity contribution >= 4 is 29.2 Å². The van der Waals surface area contributed by atoms with Crippen molar-refractivity contribution in [1.82, 2.24) is 9.88 Å². The van der Waals surface area contributed by atoms with E-state index in [4.69, 9.17) is 11.5 Å². The zero-order valence-electron chi connectivity index (χ0n) is 17.9. The smallest absolute Gasteiger partial charge is 0.237 e. The van der Waals surface area contributed by atoms with Gasteiger partial charge in [0.25, 0.3) is 0 Å². The molecule has 1 heterocycles. The highest BCUT2D eigenvalue weighted by Crippen LogP contribution is 2.29. The fourth-order valence-corrected chi connectivity index (χ4v) is 5.19. The van der Waals surface area contributed by atoms with Crippen molar-refractivity contribution in [2.75, 3.05) is 0 Å². The molecule has 1 aromatic heterocycles. The van der Waals surface area contributed by atoms with Gasteiger partial charge in [-0.25, -0.2) is 0 Å². The van der Waals surface area contributed by atoms with Crippen LogP contribution in [0.2, 0.25) is 0 Å². The van der Waals surface area contributed by atoms with E-state index in [1.54, 1.807) is 0 Å². The summed E-state index contributed by atoms with van der Waals surface area (Å²) < 4.78 is 2.40. The Bertz CT molecular complexity index is 822. The molecule has 166 valence electrons. The molecule has 0 aliphatic heterocycles. The van der Waals surface area contributed by atoms with Crippen molar-refractivity contribution < 1.29 is 4.79 Å². The third-order valence-corrected chi connectivity index (χ3v) is 6.95. The lowest BCUT2D eigenvalue weighted by Gasteiger charge is -2.27. The number of nitrogens with two attached hydrogens (primary N) is 2. The van der Waals surface area contributed by atoms with Crippen LogP contribution in [0, 0.1) is 5.92 Å². The van der Waals surface area contributed by atoms with Crippen LogP contribution in [0.15, 0.2) is 30.5 Å². The van der Waals surface area contributed by atoms with Crippen molar-refractivity contribution in [2.24, 2.45) is 17.4 Å². The van der Waals surface area contributed by atoms with Gasteiger partial charge in [-0.2, -0.15) is 0 Å². The number of benzene rings is 1. The molecule has 4 rings (SSSR count). The van der Waals surface area contributed by atoms with E-state index in [9.17, 15) is 4.79 Å². The van der Waals surface area contributed by atoms with Crippen LogP contribution in [-0.4, -0.2) is 28.6 Å². The standard InChI is InChI=1S/C24H36N4O.ClH/c25-19-10-12-20(13-11-19)27-24(29)22(26)14-18-16-28(15-17-6-2-1-3-7-17)23-9-5-4-8-21(18)23;/h4-5,8-9,16-17,19-20,22H,1-3,6-7,10-15,25-26H2,(H,27,29);1H/t19?,20?,22-;/m0./s1. The highest BCUT2D eigenvalue weighted by Gasteiger charge is 2.24. The normalized spacial score (nSPS) is 23.7. The molecule has 1 atom stereocenters. The van der Waals surface area contributed by atoms with Gasteiger partial charge < -0.3 is 21.4 Å². The molecule has 30 heavy (non-hydrogen) atoms. The number of hydrogen-bond donors (Lipinski definition) is 3. The average molecular weight is 433 g/mol. The van der Waals surface area contributed by atoms with Gasteiger partial charge in [0.1, 0.15) is 0 Å². The lowest BCUT2D eigenvalue weighted by molar-refractivity contribution is -0.123. The van der Waals surface area contributed by atoms with Crippen molar-refractivity contribution in [3.05, 3.63) is 36.0 Å². The Labute approximate surface area is 186 Å². The first-order valence-corrected chi connectivity index (χ1v) is 11.5. The summed E-state index contributed by atoms with van der Waals surface area (Å²) in [5.74, 6) is 0.733. The number of halogens is 1. The van der Waals surface area contributed by atoms with Crippen LogP contribution < -0.4 is 16.8 Å². The first-order chi connectivity index (χ1) is 14.1. The van der Waals surface area contributed by atoms with Crippen LogP contribution in [0.25, 0.3) is 10.9 Å². The van der Waals surface area contributed by atoms with Gasteiger partial charge in [-0.3, -0.25) is 4.79 Å². The molecule has 0 radical (unpaired) electrons. The van der Waals surface area contributed by atoms with Gasteiger partial charge in [0.2, 0.25) is 5.91 Å². The van der Waals surface area contributed by atoms with Crippen LogP contribution >= 0.6 is 12.4 Å². The Hall–Kier alpha value is -1.56. The van der Waals surface area contributed by atoms with Crippen LogP contribution in [0.3, 0.4) is 0 Å². The highest BCUT2D eigenvalue weighted by molar-refractivity contribution is 5.86. The van der Waals surface area contributed by atoms with E-state index in [0.717, 1.165) is 38.1 Å². The molecule has 0 bridgehead atoms. The van der Waals surface area contributed by atoms with Gasteiger partial charge in [-0.05, 0) is 62.5 Å². The summed E-state index contributed by atoms with van der Waals surface area (Å²) >= 11 is 0. The summed E-state index contributed by atoms with van der Waals surface area (Å²) in [7, 11) is 0. The number of para-hydroxylation sites is 1. The molecule has 1 amide bonds. The van der Waals surface area contributed by atoms with Gasteiger partial charge in [0.15, 0.2) is 0 Å². The molecule has 0 spiro atoms. The predicted molar refractivity (Wildman–Crippen MR) is 126 cm³/mol. The topological polar surface area (TPSA) is 86.1 Å². The molecule has 2 fully saturated rings. The van der Waals surface area contributed by atoms with Crippen molar-refractivity contribution in [3.8, 4) is 0 Å². The summed E-state index contributed by atoms with van der Waals surface area (Å²) in [5, 5.41) is 4.39. The van der Waals surface area contributed by atoms with E-state index < -0.39 is 6.04 Å². The second-order valence-corrected chi connectivity index (χ2v) is 9.26. The number of carbonyl (C=O) groups is 1. The average Bonchev–Trinajstić information content (AvgIpc) is 3.08. The van der Waals surface area contributed by atoms with Gasteiger partial charge in [0, 0.05) is 35.7 Å². The Morgan fingerprint density at radius 3 is 2.50 bits per heavy atom. The van der Waals surface area contributed by atoms with E-state index in [2.05, 4.69) is 40.3 Å². The third-order valence-electron chi connectivity index (χ3n) is 6.95. The van der Waals surface area contributed by atoms with Crippen molar-refractivity contribution in [1.29, 1.82) is 0 Å². The SMILES string of the molecule is Cl.NC1CCC(NC(=O)[C@@H](N)Cc2cn(CC3CCCCC3)c3ccccc23)CC1. The fraction of sp³-hybridized carbons (Fsp3) is 0.625. The quantitative estimate of drug-likeness (QED) is 0.646. The Kier molecular flexibility index (Phi) is 8.20. The molecule has 6 heteroatoms. The summed E-state index contributed by atoms with van der Waals surface area (Å²) in [6.45, 7) is 1.07. The number of hydrogen-bond acceptors (Lipinski definition) is 3. The summed E-state index contributed by atoms with van der Waals surface area (Å²) in [6.07, 6.45) is 13.4. The lowest BCUT2D eigenvalue weighted by Crippen LogP contribution is -2.48. The molecular formula is C24H37ClN4O. The monoisotopic (exact) mass is 432 g/mol. The Balaban J connectivity index is 0.00000256. The molecule has 1 aromatic carbocycles. The molecule has 0 saturated heterocycles. The number of amides is 1. The molecule has 5 nitrogen and oxygen atoms in total. The minimum absolute atomic E-state index is 0. The zero-order valence-corrected chi connectivity index (χ0v) is 18.7. The second kappa shape index (κ2) is 10.7. The molecule has 2 aromatic rings. The maximum absolute atomic E-state index is 12.7. The summed E-state index contributed by atoms with van der Waals surface area (Å²) in [4.78, 5) is 12.7. The molecule has 2 aliphatic rings. The number of rotatable bonds is 6. The van der Waals surface area contributed by atoms with Crippen LogP contribution in [0.1, 0.15) is 63.4 Å². The zero-order chi connectivity index (χ0) is 20.2. The number of nitrogens with one attached hydrogen (secondary N) is 1. The minimum atomic E-state index is -0.514. The lowest BCUT2D eigenvalue weighted by atomic mass is 9.89. The molecule has 0 unspecified atom stereocenters. The van der Waals surface area contributed by atoms with E-state index in [1.165, 1.54) is 48.6 Å². The Morgan fingerprint density at radius 1 is 1.07 bits per heavy atom. The van der Waals surface area contributed by atoms with E-state index in [1.807, 2.05) is 0 Å². The number of nitrogens with zero attached hydrogens (tertiary/aromatic N) is 1. The summed E-state index contributed by atoms with van der Waals surface area (Å²) in [5.41, 5.74) is 14.8. The number of carbonyl (C=O) groups excluding carboxylic acids is 1. The van der Waals surface area contributed by atoms with E-state index in [-0.39, 0.29) is 30.4 Å². The number of fused-ring (bicyclic) bond motifs is 1. The molecule has 2 saturated carbocycles. The minimum Gasteiger partial charge on any atom is -0.352 e. The van der Waals surface area contributed by atoms with E-state index in [0.29, 0.717) is 6.42 Å². The van der Waals surface area contributed by atoms with Gasteiger partial charge in [-0.1, -0.05) is 37.5 Å². The highest BCUT2D eigenvalue weighted by atomic mass is 35.5. The van der Waals surface area contributed by atoms with Crippen molar-refractivity contribution in [3.63, 3.8) is 0 Å². The maximum atomic E-state index is 12.7. The number of aromatic nitrogens is 1. The van der Waals surface area contributed by atoms with Gasteiger partial charge >= 0.3 is 0 Å². The van der Waals surface area contributed by atoms with Gasteiger partial charge in [-0.15, -0.1) is 12.4 Å². The van der Waals surface area contributed by atoms with Crippen LogP contribution in [-0.2, 0) is 17.8 Å². The third kappa shape index (κ3) is 5.57. The first-order valence-electron chi connectivity index (χ1n) is 11.5. The first kappa shape index (κ1) is 23.1. The molecule has 5 N–H and O–H groups in total. The largest absolute Gasteiger partial charge is 0.352 e. The Morgan fingerprint density at radius 2 is 1.77 bits per heavy atom.